The van der Waals surface area contributed by atoms with E-state index in [4.69, 9.17) is 18.9 Å². The van der Waals surface area contributed by atoms with Crippen LogP contribution in [0.25, 0.3) is 0 Å². The fourth-order valence-electron chi connectivity index (χ4n) is 3.61. The van der Waals surface area contributed by atoms with Crippen LogP contribution in [0.3, 0.4) is 0 Å². The molecule has 0 radical (unpaired) electrons. The highest BCUT2D eigenvalue weighted by Gasteiger charge is 2.36. The standard InChI is InChI=1S/C25H25F2NO6/c1-5-33-24(29)17-13-28(21-10-8-16(31-3)12-22(21)32-4)14-18(25(30)34-6-2)23(17)15-7-9-19(26)20(27)11-15/h7-14,23H,5-6H2,1-4H3. The number of rotatable bonds is 8. The van der Waals surface area contributed by atoms with Gasteiger partial charge >= 0.3 is 11.9 Å². The van der Waals surface area contributed by atoms with Gasteiger partial charge in [0.1, 0.15) is 11.5 Å². The Morgan fingerprint density at radius 3 is 1.97 bits per heavy atom. The lowest BCUT2D eigenvalue weighted by Gasteiger charge is -2.31. The SMILES string of the molecule is CCOC(=O)C1=CN(c2ccc(OC)cc2OC)C=C(C(=O)OCC)C1c1ccc(F)c(F)c1. The first-order valence-electron chi connectivity index (χ1n) is 10.6. The van der Waals surface area contributed by atoms with Gasteiger partial charge in [-0.3, -0.25) is 0 Å². The average Bonchev–Trinajstić information content (AvgIpc) is 2.84. The third kappa shape index (κ3) is 5.03. The Kier molecular flexibility index (Phi) is 7.88. The quantitative estimate of drug-likeness (QED) is 0.524. The lowest BCUT2D eigenvalue weighted by molar-refractivity contribution is -0.139. The van der Waals surface area contributed by atoms with Crippen LogP contribution in [0, 0.1) is 11.6 Å². The molecular weight excluding hydrogens is 448 g/mol. The van der Waals surface area contributed by atoms with Crippen LogP contribution in [0.2, 0.25) is 0 Å². The van der Waals surface area contributed by atoms with Crippen LogP contribution in [0.5, 0.6) is 11.5 Å². The van der Waals surface area contributed by atoms with Crippen molar-refractivity contribution < 1.29 is 37.3 Å². The molecule has 34 heavy (non-hydrogen) atoms. The first-order valence-corrected chi connectivity index (χ1v) is 10.6. The largest absolute Gasteiger partial charge is 0.497 e. The van der Waals surface area contributed by atoms with Crippen molar-refractivity contribution in [3.63, 3.8) is 0 Å². The van der Waals surface area contributed by atoms with Crippen molar-refractivity contribution >= 4 is 17.6 Å². The van der Waals surface area contributed by atoms with E-state index in [0.29, 0.717) is 17.2 Å². The Balaban J connectivity index is 2.23. The van der Waals surface area contributed by atoms with Gasteiger partial charge in [0.05, 0.1) is 50.2 Å². The van der Waals surface area contributed by atoms with Crippen molar-refractivity contribution in [2.45, 2.75) is 19.8 Å². The predicted octanol–water partition coefficient (Wildman–Crippen LogP) is 4.48. The summed E-state index contributed by atoms with van der Waals surface area (Å²) >= 11 is 0. The zero-order chi connectivity index (χ0) is 24.8. The van der Waals surface area contributed by atoms with Gasteiger partial charge in [-0.05, 0) is 43.7 Å². The van der Waals surface area contributed by atoms with E-state index in [1.165, 1.54) is 37.6 Å². The highest BCUT2D eigenvalue weighted by atomic mass is 19.2. The molecule has 0 N–H and O–H groups in total. The topological polar surface area (TPSA) is 74.3 Å². The van der Waals surface area contributed by atoms with Gasteiger partial charge in [0.25, 0.3) is 0 Å². The zero-order valence-electron chi connectivity index (χ0n) is 19.3. The number of esters is 2. The molecule has 1 heterocycles. The Morgan fingerprint density at radius 1 is 0.853 bits per heavy atom. The summed E-state index contributed by atoms with van der Waals surface area (Å²) in [7, 11) is 2.98. The molecule has 0 aliphatic carbocycles. The third-order valence-corrected chi connectivity index (χ3v) is 5.14. The fraction of sp³-hybridized carbons (Fsp3) is 0.280. The maximum atomic E-state index is 14.1. The molecule has 0 fully saturated rings. The molecule has 0 aromatic heterocycles. The van der Waals surface area contributed by atoms with Crippen LogP contribution in [0.15, 0.2) is 59.9 Å². The van der Waals surface area contributed by atoms with Gasteiger partial charge in [-0.1, -0.05) is 6.07 Å². The lowest BCUT2D eigenvalue weighted by atomic mass is 9.83. The number of ether oxygens (including phenoxy) is 4. The molecule has 1 aliphatic rings. The molecular formula is C25H25F2NO6. The fourth-order valence-corrected chi connectivity index (χ4v) is 3.61. The molecule has 0 spiro atoms. The monoisotopic (exact) mass is 473 g/mol. The number of nitrogens with zero attached hydrogens (tertiary/aromatic N) is 1. The van der Waals surface area contributed by atoms with Crippen molar-refractivity contribution in [3.05, 3.63) is 77.1 Å². The molecule has 3 rings (SSSR count). The van der Waals surface area contributed by atoms with Crippen molar-refractivity contribution in [2.75, 3.05) is 32.3 Å². The smallest absolute Gasteiger partial charge is 0.336 e. The van der Waals surface area contributed by atoms with Crippen LogP contribution in [-0.4, -0.2) is 39.4 Å². The minimum absolute atomic E-state index is 0.0382. The van der Waals surface area contributed by atoms with Crippen LogP contribution in [0.1, 0.15) is 25.3 Å². The van der Waals surface area contributed by atoms with Crippen LogP contribution < -0.4 is 14.4 Å². The summed E-state index contributed by atoms with van der Waals surface area (Å²) in [5.74, 6) is -3.69. The highest BCUT2D eigenvalue weighted by Crippen LogP contribution is 2.41. The van der Waals surface area contributed by atoms with E-state index >= 15 is 0 Å². The number of benzene rings is 2. The first-order chi connectivity index (χ1) is 16.3. The van der Waals surface area contributed by atoms with E-state index in [2.05, 4.69) is 0 Å². The van der Waals surface area contributed by atoms with Crippen molar-refractivity contribution in [2.24, 2.45) is 0 Å². The molecule has 0 bridgehead atoms. The van der Waals surface area contributed by atoms with Crippen LogP contribution in [-0.2, 0) is 19.1 Å². The van der Waals surface area contributed by atoms with E-state index in [-0.39, 0.29) is 29.9 Å². The molecule has 180 valence electrons. The molecule has 2 aromatic carbocycles. The Labute approximate surface area is 196 Å². The number of carbonyl (C=O) groups is 2. The second-order valence-electron chi connectivity index (χ2n) is 7.16. The van der Waals surface area contributed by atoms with E-state index in [1.54, 1.807) is 32.0 Å². The molecule has 0 saturated carbocycles. The lowest BCUT2D eigenvalue weighted by Crippen LogP contribution is -2.29. The summed E-state index contributed by atoms with van der Waals surface area (Å²) in [4.78, 5) is 27.5. The molecule has 1 aliphatic heterocycles. The number of methoxy groups -OCH3 is 2. The number of hydrogen-bond donors (Lipinski definition) is 0. The average molecular weight is 473 g/mol. The molecule has 0 atom stereocenters. The number of anilines is 1. The summed E-state index contributed by atoms with van der Waals surface area (Å²) in [6, 6.07) is 8.22. The molecule has 9 heteroatoms. The van der Waals surface area contributed by atoms with Crippen LogP contribution >= 0.6 is 0 Å². The Hall–Kier alpha value is -3.88. The number of hydrogen-bond acceptors (Lipinski definition) is 7. The Bertz CT molecular complexity index is 1110. The summed E-state index contributed by atoms with van der Waals surface area (Å²) in [5.41, 5.74) is 0.766. The van der Waals surface area contributed by atoms with Gasteiger partial charge < -0.3 is 23.8 Å². The number of carbonyl (C=O) groups excluding carboxylic acids is 2. The van der Waals surface area contributed by atoms with Gasteiger partial charge in [-0.15, -0.1) is 0 Å². The molecule has 2 aromatic rings. The predicted molar refractivity (Wildman–Crippen MR) is 121 cm³/mol. The molecule has 0 amide bonds. The summed E-state index contributed by atoms with van der Waals surface area (Å²) in [6.45, 7) is 3.43. The first kappa shape index (κ1) is 24.8. The molecule has 7 nitrogen and oxygen atoms in total. The maximum absolute atomic E-state index is 14.1. The second kappa shape index (κ2) is 10.8. The highest BCUT2D eigenvalue weighted by molar-refractivity contribution is 6.00. The molecule has 0 unspecified atom stereocenters. The van der Waals surface area contributed by atoms with Gasteiger partial charge in [0.2, 0.25) is 0 Å². The summed E-state index contributed by atoms with van der Waals surface area (Å²) in [5, 5.41) is 0. The van der Waals surface area contributed by atoms with Gasteiger partial charge in [0.15, 0.2) is 11.6 Å². The zero-order valence-corrected chi connectivity index (χ0v) is 19.3. The van der Waals surface area contributed by atoms with Gasteiger partial charge in [-0.2, -0.15) is 0 Å². The van der Waals surface area contributed by atoms with E-state index in [9.17, 15) is 18.4 Å². The summed E-state index contributed by atoms with van der Waals surface area (Å²) in [6.07, 6.45) is 2.94. The second-order valence-corrected chi connectivity index (χ2v) is 7.16. The minimum atomic E-state index is -1.11. The van der Waals surface area contributed by atoms with Crippen LogP contribution in [0.4, 0.5) is 14.5 Å². The summed E-state index contributed by atoms with van der Waals surface area (Å²) < 4.78 is 48.9. The van der Waals surface area contributed by atoms with E-state index in [1.807, 2.05) is 0 Å². The van der Waals surface area contributed by atoms with Crippen molar-refractivity contribution in [1.29, 1.82) is 0 Å². The van der Waals surface area contributed by atoms with E-state index in [0.717, 1.165) is 12.1 Å². The Morgan fingerprint density at radius 2 is 1.47 bits per heavy atom. The number of halogens is 2. The van der Waals surface area contributed by atoms with E-state index < -0.39 is 29.5 Å². The van der Waals surface area contributed by atoms with Gasteiger partial charge in [0, 0.05) is 18.5 Å². The minimum Gasteiger partial charge on any atom is -0.497 e. The molecule has 0 saturated heterocycles. The normalized spacial score (nSPS) is 13.6. The maximum Gasteiger partial charge on any atom is 0.336 e. The van der Waals surface area contributed by atoms with Crippen molar-refractivity contribution in [1.82, 2.24) is 0 Å². The third-order valence-electron chi connectivity index (χ3n) is 5.14. The van der Waals surface area contributed by atoms with Crippen molar-refractivity contribution in [3.8, 4) is 11.5 Å². The van der Waals surface area contributed by atoms with Gasteiger partial charge in [-0.25, -0.2) is 18.4 Å².